The summed E-state index contributed by atoms with van der Waals surface area (Å²) >= 11 is 0. The summed E-state index contributed by atoms with van der Waals surface area (Å²) in [5.41, 5.74) is 0. The Morgan fingerprint density at radius 1 is 1.32 bits per heavy atom. The van der Waals surface area contributed by atoms with Crippen LogP contribution in [-0.2, 0) is 14.3 Å². The van der Waals surface area contributed by atoms with Gasteiger partial charge in [0.25, 0.3) is 0 Å². The maximum absolute atomic E-state index is 11.0. The normalized spacial score (nSPS) is 17.6. The van der Waals surface area contributed by atoms with Gasteiger partial charge in [-0.05, 0) is 51.4 Å². The highest BCUT2D eigenvalue weighted by Gasteiger charge is 2.18. The van der Waals surface area contributed by atoms with Crippen LogP contribution in [0.5, 0.6) is 0 Å². The molecule has 0 unspecified atom stereocenters. The third-order valence-electron chi connectivity index (χ3n) is 3.71. The van der Waals surface area contributed by atoms with E-state index in [-0.39, 0.29) is 5.97 Å². The van der Waals surface area contributed by atoms with Gasteiger partial charge in [-0.15, -0.1) is 0 Å². The van der Waals surface area contributed by atoms with Crippen molar-refractivity contribution in [2.75, 3.05) is 53.6 Å². The number of nitrogens with one attached hydrogen (secondary N) is 1. The fourth-order valence-corrected chi connectivity index (χ4v) is 2.44. The first-order chi connectivity index (χ1) is 9.26. The molecule has 0 aromatic heterocycles. The minimum absolute atomic E-state index is 0.0998. The van der Waals surface area contributed by atoms with E-state index in [2.05, 4.69) is 15.0 Å². The van der Waals surface area contributed by atoms with Crippen LogP contribution >= 0.6 is 0 Å². The van der Waals surface area contributed by atoms with Gasteiger partial charge in [0.1, 0.15) is 0 Å². The number of piperidine rings is 1. The largest absolute Gasteiger partial charge is 0.469 e. The lowest BCUT2D eigenvalue weighted by atomic mass is 9.96. The van der Waals surface area contributed by atoms with Crippen molar-refractivity contribution in [3.8, 4) is 0 Å². The maximum atomic E-state index is 11.0. The van der Waals surface area contributed by atoms with Crippen LogP contribution in [0.4, 0.5) is 0 Å². The van der Waals surface area contributed by atoms with Crippen molar-refractivity contribution < 1.29 is 14.3 Å². The Kier molecular flexibility index (Phi) is 8.79. The lowest BCUT2D eigenvalue weighted by Crippen LogP contribution is -2.38. The molecule has 0 radical (unpaired) electrons. The van der Waals surface area contributed by atoms with E-state index in [1.54, 1.807) is 7.11 Å². The van der Waals surface area contributed by atoms with Crippen molar-refractivity contribution in [3.63, 3.8) is 0 Å². The van der Waals surface area contributed by atoms with E-state index in [1.165, 1.54) is 20.0 Å². The zero-order valence-corrected chi connectivity index (χ0v) is 12.3. The third-order valence-corrected chi connectivity index (χ3v) is 3.71. The number of carbonyl (C=O) groups is 1. The van der Waals surface area contributed by atoms with E-state index in [4.69, 9.17) is 4.74 Å². The molecular weight excluding hydrogens is 244 g/mol. The number of esters is 1. The average Bonchev–Trinajstić information content (AvgIpc) is 2.45. The molecule has 5 nitrogen and oxygen atoms in total. The Bertz CT molecular complexity index is 241. The average molecular weight is 272 g/mol. The van der Waals surface area contributed by atoms with E-state index < -0.39 is 0 Å². The fraction of sp³-hybridized carbons (Fsp3) is 0.929. The van der Waals surface area contributed by atoms with Crippen LogP contribution in [0.1, 0.15) is 25.7 Å². The quantitative estimate of drug-likeness (QED) is 0.499. The van der Waals surface area contributed by atoms with Gasteiger partial charge in [-0.1, -0.05) is 0 Å². The first-order valence-corrected chi connectivity index (χ1v) is 7.25. The van der Waals surface area contributed by atoms with Gasteiger partial charge in [0.05, 0.1) is 13.7 Å². The van der Waals surface area contributed by atoms with Crippen LogP contribution in [0.25, 0.3) is 0 Å². The predicted molar refractivity (Wildman–Crippen MR) is 75.2 cm³/mol. The Hall–Kier alpha value is -0.650. The Morgan fingerprint density at radius 3 is 2.68 bits per heavy atom. The van der Waals surface area contributed by atoms with Crippen molar-refractivity contribution >= 4 is 5.97 Å². The molecule has 0 spiro atoms. The lowest BCUT2D eigenvalue weighted by Gasteiger charge is -2.32. The maximum Gasteiger partial charge on any atom is 0.305 e. The molecule has 1 heterocycles. The van der Waals surface area contributed by atoms with Gasteiger partial charge in [0, 0.05) is 20.1 Å². The predicted octanol–water partition coefficient (Wildman–Crippen LogP) is 0.888. The molecule has 1 aliphatic heterocycles. The van der Waals surface area contributed by atoms with Crippen LogP contribution in [0.2, 0.25) is 0 Å². The van der Waals surface area contributed by atoms with Crippen molar-refractivity contribution in [1.82, 2.24) is 10.2 Å². The second kappa shape index (κ2) is 10.2. The summed E-state index contributed by atoms with van der Waals surface area (Å²) in [4.78, 5) is 13.5. The number of ether oxygens (including phenoxy) is 2. The summed E-state index contributed by atoms with van der Waals surface area (Å²) in [5, 5.41) is 3.43. The summed E-state index contributed by atoms with van der Waals surface area (Å²) < 4.78 is 9.66. The smallest absolute Gasteiger partial charge is 0.305 e. The zero-order chi connectivity index (χ0) is 13.9. The van der Waals surface area contributed by atoms with E-state index in [1.807, 2.05) is 0 Å². The molecule has 1 rings (SSSR count). The minimum Gasteiger partial charge on any atom is -0.469 e. The molecule has 1 aliphatic rings. The zero-order valence-electron chi connectivity index (χ0n) is 12.3. The van der Waals surface area contributed by atoms with Crippen LogP contribution in [0, 0.1) is 5.92 Å². The van der Waals surface area contributed by atoms with E-state index >= 15 is 0 Å². The molecule has 1 N–H and O–H groups in total. The summed E-state index contributed by atoms with van der Waals surface area (Å²) in [7, 11) is 3.18. The summed E-state index contributed by atoms with van der Waals surface area (Å²) in [6.45, 7) is 6.14. The van der Waals surface area contributed by atoms with Crippen molar-refractivity contribution in [3.05, 3.63) is 0 Å². The fourth-order valence-electron chi connectivity index (χ4n) is 2.44. The van der Waals surface area contributed by atoms with Crippen LogP contribution in [0.3, 0.4) is 0 Å². The highest BCUT2D eigenvalue weighted by atomic mass is 16.5. The second-order valence-electron chi connectivity index (χ2n) is 5.16. The van der Waals surface area contributed by atoms with Crippen LogP contribution in [-0.4, -0.2) is 64.4 Å². The van der Waals surface area contributed by atoms with Gasteiger partial charge in [-0.3, -0.25) is 4.79 Å². The number of hydrogen-bond donors (Lipinski definition) is 1. The first-order valence-electron chi connectivity index (χ1n) is 7.25. The number of likely N-dealkylation sites (tertiary alicyclic amines) is 1. The molecule has 19 heavy (non-hydrogen) atoms. The number of hydrogen-bond acceptors (Lipinski definition) is 5. The standard InChI is InChI=1S/C14H28N2O3/c1-18-11-7-15-12-13-5-9-16(10-6-13)8-3-4-14(17)19-2/h13,15H,3-12H2,1-2H3. The lowest BCUT2D eigenvalue weighted by molar-refractivity contribution is -0.140. The second-order valence-corrected chi connectivity index (χ2v) is 5.16. The van der Waals surface area contributed by atoms with E-state index in [0.29, 0.717) is 6.42 Å². The topological polar surface area (TPSA) is 50.8 Å². The molecule has 0 bridgehead atoms. The molecule has 0 amide bonds. The molecule has 0 aromatic carbocycles. The molecule has 1 fully saturated rings. The third kappa shape index (κ3) is 7.50. The Labute approximate surface area is 116 Å². The van der Waals surface area contributed by atoms with Gasteiger partial charge >= 0.3 is 5.97 Å². The molecular formula is C14H28N2O3. The van der Waals surface area contributed by atoms with E-state index in [9.17, 15) is 4.79 Å². The highest BCUT2D eigenvalue weighted by Crippen LogP contribution is 2.16. The molecule has 112 valence electrons. The van der Waals surface area contributed by atoms with Crippen LogP contribution in [0.15, 0.2) is 0 Å². The molecule has 1 saturated heterocycles. The molecule has 0 atom stereocenters. The van der Waals surface area contributed by atoms with Gasteiger partial charge in [-0.2, -0.15) is 0 Å². The molecule has 0 saturated carbocycles. The monoisotopic (exact) mass is 272 g/mol. The minimum atomic E-state index is -0.0998. The van der Waals surface area contributed by atoms with Gasteiger partial charge in [0.15, 0.2) is 0 Å². The van der Waals surface area contributed by atoms with Crippen molar-refractivity contribution in [2.24, 2.45) is 5.92 Å². The highest BCUT2D eigenvalue weighted by molar-refractivity contribution is 5.69. The van der Waals surface area contributed by atoms with Crippen molar-refractivity contribution in [1.29, 1.82) is 0 Å². The van der Waals surface area contributed by atoms with Crippen LogP contribution < -0.4 is 5.32 Å². The number of nitrogens with zero attached hydrogens (tertiary/aromatic N) is 1. The molecule has 5 heteroatoms. The Balaban J connectivity index is 2.00. The summed E-state index contributed by atoms with van der Waals surface area (Å²) in [6.07, 6.45) is 3.94. The van der Waals surface area contributed by atoms with Gasteiger partial charge < -0.3 is 19.7 Å². The first kappa shape index (κ1) is 16.4. The molecule has 0 aromatic rings. The SMILES string of the molecule is COCCNCC1CCN(CCCC(=O)OC)CC1. The number of rotatable bonds is 9. The van der Waals surface area contributed by atoms with E-state index in [0.717, 1.165) is 51.7 Å². The summed E-state index contributed by atoms with van der Waals surface area (Å²) in [6, 6.07) is 0. The summed E-state index contributed by atoms with van der Waals surface area (Å²) in [5.74, 6) is 0.686. The van der Waals surface area contributed by atoms with Gasteiger partial charge in [0.2, 0.25) is 0 Å². The number of carbonyl (C=O) groups excluding carboxylic acids is 1. The number of methoxy groups -OCH3 is 2. The Morgan fingerprint density at radius 2 is 2.05 bits per heavy atom. The van der Waals surface area contributed by atoms with Gasteiger partial charge in [-0.25, -0.2) is 0 Å². The molecule has 0 aliphatic carbocycles. The van der Waals surface area contributed by atoms with Crippen molar-refractivity contribution in [2.45, 2.75) is 25.7 Å².